The van der Waals surface area contributed by atoms with E-state index in [2.05, 4.69) is 18.3 Å². The molecule has 2 fully saturated rings. The van der Waals surface area contributed by atoms with Crippen LogP contribution in [0.4, 0.5) is 0 Å². The number of allylic oxidation sites excluding steroid dienone is 2. The zero-order valence-electron chi connectivity index (χ0n) is 10.6. The third-order valence-electron chi connectivity index (χ3n) is 4.97. The normalized spacial score (nSPS) is 41.2. The zero-order valence-corrected chi connectivity index (χ0v) is 10.6. The first-order chi connectivity index (χ1) is 8.53. The summed E-state index contributed by atoms with van der Waals surface area (Å²) < 4.78 is 0. The summed E-state index contributed by atoms with van der Waals surface area (Å²) >= 11 is 0. The molecule has 4 heteroatoms. The quantitative estimate of drug-likeness (QED) is 0.748. The van der Waals surface area contributed by atoms with Crippen molar-refractivity contribution in [3.05, 3.63) is 11.6 Å². The number of hydrogen-bond acceptors (Lipinski definition) is 2. The minimum absolute atomic E-state index is 0.0901. The predicted molar refractivity (Wildman–Crippen MR) is 65.8 cm³/mol. The Hall–Kier alpha value is -1.32. The lowest BCUT2D eigenvalue weighted by atomic mass is 9.79. The van der Waals surface area contributed by atoms with Gasteiger partial charge in [0.05, 0.1) is 5.41 Å². The standard InChI is InChI=1S/C14H19NO3/c1-8-2-4-9(5-3-8)12(16)15-11-7-14(13(17)18)6-10(11)14/h2,9-11H,3-7H2,1H3,(H,15,16)(H,17,18)/t9-,10-,11+,14-/m0/s1. The van der Waals surface area contributed by atoms with Crippen molar-refractivity contribution in [2.75, 3.05) is 0 Å². The number of nitrogens with one attached hydrogen (secondary N) is 1. The number of carboxylic acids is 1. The molecule has 0 spiro atoms. The molecule has 0 radical (unpaired) electrons. The van der Waals surface area contributed by atoms with Gasteiger partial charge in [-0.2, -0.15) is 0 Å². The van der Waals surface area contributed by atoms with Crippen LogP contribution in [-0.2, 0) is 9.59 Å². The molecule has 4 nitrogen and oxygen atoms in total. The minimum Gasteiger partial charge on any atom is -0.481 e. The highest BCUT2D eigenvalue weighted by atomic mass is 16.4. The lowest BCUT2D eigenvalue weighted by molar-refractivity contribution is -0.148. The fourth-order valence-corrected chi connectivity index (χ4v) is 3.46. The topological polar surface area (TPSA) is 66.4 Å². The van der Waals surface area contributed by atoms with Gasteiger partial charge in [0.1, 0.15) is 0 Å². The first kappa shape index (κ1) is 11.8. The number of aliphatic carboxylic acids is 1. The summed E-state index contributed by atoms with van der Waals surface area (Å²) in [6, 6.07) is 0.112. The van der Waals surface area contributed by atoms with E-state index in [9.17, 15) is 9.59 Å². The van der Waals surface area contributed by atoms with Crippen molar-refractivity contribution >= 4 is 11.9 Å². The van der Waals surface area contributed by atoms with Crippen LogP contribution in [0.5, 0.6) is 0 Å². The van der Waals surface area contributed by atoms with Gasteiger partial charge in [0, 0.05) is 12.0 Å². The maximum Gasteiger partial charge on any atom is 0.310 e. The molecule has 3 aliphatic carbocycles. The Morgan fingerprint density at radius 2 is 2.22 bits per heavy atom. The Kier molecular flexibility index (Phi) is 2.50. The molecular formula is C14H19NO3. The molecule has 0 aromatic carbocycles. The average Bonchev–Trinajstić information content (AvgIpc) is 2.94. The molecule has 0 saturated heterocycles. The summed E-state index contributed by atoms with van der Waals surface area (Å²) in [4.78, 5) is 23.1. The first-order valence-electron chi connectivity index (χ1n) is 6.72. The van der Waals surface area contributed by atoms with Gasteiger partial charge in [-0.25, -0.2) is 0 Å². The van der Waals surface area contributed by atoms with Crippen LogP contribution in [0.25, 0.3) is 0 Å². The van der Waals surface area contributed by atoms with E-state index in [1.807, 2.05) is 0 Å². The molecule has 1 amide bonds. The number of fused-ring (bicyclic) bond motifs is 1. The zero-order chi connectivity index (χ0) is 12.9. The Morgan fingerprint density at radius 1 is 1.44 bits per heavy atom. The van der Waals surface area contributed by atoms with E-state index < -0.39 is 11.4 Å². The summed E-state index contributed by atoms with van der Waals surface area (Å²) in [5, 5.41) is 12.1. The fourth-order valence-electron chi connectivity index (χ4n) is 3.46. The number of hydrogen-bond donors (Lipinski definition) is 2. The van der Waals surface area contributed by atoms with Gasteiger partial charge in [-0.1, -0.05) is 11.6 Å². The molecule has 4 atom stereocenters. The van der Waals surface area contributed by atoms with E-state index >= 15 is 0 Å². The third kappa shape index (κ3) is 1.66. The van der Waals surface area contributed by atoms with Crippen LogP contribution in [0.15, 0.2) is 11.6 Å². The van der Waals surface area contributed by atoms with Crippen molar-refractivity contribution in [3.8, 4) is 0 Å². The number of carbonyl (C=O) groups excluding carboxylic acids is 1. The highest BCUT2D eigenvalue weighted by Gasteiger charge is 2.72. The van der Waals surface area contributed by atoms with Gasteiger partial charge in [0.25, 0.3) is 0 Å². The molecule has 0 aromatic rings. The smallest absolute Gasteiger partial charge is 0.310 e. The maximum absolute atomic E-state index is 12.1. The molecule has 0 unspecified atom stereocenters. The summed E-state index contributed by atoms with van der Waals surface area (Å²) in [6.07, 6.45) is 6.28. The molecule has 0 aliphatic heterocycles. The summed E-state index contributed by atoms with van der Waals surface area (Å²) in [5.41, 5.74) is 0.899. The van der Waals surface area contributed by atoms with E-state index in [0.29, 0.717) is 6.42 Å². The second kappa shape index (κ2) is 3.84. The van der Waals surface area contributed by atoms with Gasteiger partial charge in [0.15, 0.2) is 0 Å². The number of amides is 1. The summed E-state index contributed by atoms with van der Waals surface area (Å²) in [5.74, 6) is -0.282. The predicted octanol–water partition coefficient (Wildman–Crippen LogP) is 1.71. The van der Waals surface area contributed by atoms with E-state index in [-0.39, 0.29) is 23.8 Å². The molecule has 98 valence electrons. The van der Waals surface area contributed by atoms with E-state index in [1.54, 1.807) is 0 Å². The van der Waals surface area contributed by atoms with Gasteiger partial charge >= 0.3 is 5.97 Å². The molecule has 2 saturated carbocycles. The van der Waals surface area contributed by atoms with Crippen molar-refractivity contribution < 1.29 is 14.7 Å². The van der Waals surface area contributed by atoms with Crippen LogP contribution in [0.1, 0.15) is 39.0 Å². The molecule has 3 rings (SSSR count). The van der Waals surface area contributed by atoms with E-state index in [0.717, 1.165) is 25.7 Å². The SMILES string of the molecule is CC1=CC[C@H](C(=O)N[C@@H]2C[C@@]3(C(=O)O)C[C@@H]23)CC1. The van der Waals surface area contributed by atoms with Gasteiger partial charge < -0.3 is 10.4 Å². The highest BCUT2D eigenvalue weighted by Crippen LogP contribution is 2.67. The summed E-state index contributed by atoms with van der Waals surface area (Å²) in [6.45, 7) is 2.10. The fraction of sp³-hybridized carbons (Fsp3) is 0.714. The van der Waals surface area contributed by atoms with Crippen LogP contribution in [0, 0.1) is 17.3 Å². The summed E-state index contributed by atoms with van der Waals surface area (Å²) in [7, 11) is 0. The number of carbonyl (C=O) groups is 2. The molecule has 2 N–H and O–H groups in total. The largest absolute Gasteiger partial charge is 0.481 e. The lowest BCUT2D eigenvalue weighted by Crippen LogP contribution is -2.50. The number of rotatable bonds is 3. The van der Waals surface area contributed by atoms with Crippen LogP contribution < -0.4 is 5.32 Å². The Balaban J connectivity index is 1.51. The molecule has 0 heterocycles. The number of carboxylic acid groups (broad SMARTS) is 1. The first-order valence-corrected chi connectivity index (χ1v) is 6.72. The molecule has 3 aliphatic rings. The molecular weight excluding hydrogens is 230 g/mol. The van der Waals surface area contributed by atoms with Crippen LogP contribution in [0.2, 0.25) is 0 Å². The van der Waals surface area contributed by atoms with Gasteiger partial charge in [0.2, 0.25) is 5.91 Å². The van der Waals surface area contributed by atoms with Crippen LogP contribution >= 0.6 is 0 Å². The minimum atomic E-state index is -0.686. The van der Waals surface area contributed by atoms with Crippen molar-refractivity contribution in [1.82, 2.24) is 5.32 Å². The second-order valence-electron chi connectivity index (χ2n) is 6.11. The maximum atomic E-state index is 12.1. The Labute approximate surface area is 106 Å². The lowest BCUT2D eigenvalue weighted by Gasteiger charge is -2.33. The van der Waals surface area contributed by atoms with Gasteiger partial charge in [-0.05, 0) is 44.9 Å². The van der Waals surface area contributed by atoms with Crippen molar-refractivity contribution in [2.45, 2.75) is 45.1 Å². The Bertz CT molecular complexity index is 442. The van der Waals surface area contributed by atoms with Crippen molar-refractivity contribution in [3.63, 3.8) is 0 Å². The molecule has 0 aromatic heterocycles. The van der Waals surface area contributed by atoms with E-state index in [1.165, 1.54) is 5.57 Å². The van der Waals surface area contributed by atoms with Gasteiger partial charge in [-0.3, -0.25) is 9.59 Å². The van der Waals surface area contributed by atoms with Crippen LogP contribution in [0.3, 0.4) is 0 Å². The average molecular weight is 249 g/mol. The monoisotopic (exact) mass is 249 g/mol. The van der Waals surface area contributed by atoms with E-state index in [4.69, 9.17) is 5.11 Å². The van der Waals surface area contributed by atoms with Crippen LogP contribution in [-0.4, -0.2) is 23.0 Å². The Morgan fingerprint density at radius 3 is 2.72 bits per heavy atom. The molecule has 18 heavy (non-hydrogen) atoms. The second-order valence-corrected chi connectivity index (χ2v) is 6.11. The van der Waals surface area contributed by atoms with Gasteiger partial charge in [-0.15, -0.1) is 0 Å². The van der Waals surface area contributed by atoms with Crippen molar-refractivity contribution in [1.29, 1.82) is 0 Å². The highest BCUT2D eigenvalue weighted by molar-refractivity contribution is 5.83. The van der Waals surface area contributed by atoms with Crippen molar-refractivity contribution in [2.24, 2.45) is 17.3 Å². The molecule has 0 bridgehead atoms. The third-order valence-corrected chi connectivity index (χ3v) is 4.97.